The Kier molecular flexibility index (Phi) is 6.71. The number of sulfonamides is 1. The lowest BCUT2D eigenvalue weighted by atomic mass is 10.0. The molecule has 0 unspecified atom stereocenters. The van der Waals surface area contributed by atoms with Gasteiger partial charge in [-0.25, -0.2) is 13.1 Å². The van der Waals surface area contributed by atoms with Crippen molar-refractivity contribution in [3.8, 4) is 0 Å². The third kappa shape index (κ3) is 6.17. The summed E-state index contributed by atoms with van der Waals surface area (Å²) in [4.78, 5) is 12.3. The van der Waals surface area contributed by atoms with Crippen molar-refractivity contribution in [3.63, 3.8) is 0 Å². The van der Waals surface area contributed by atoms with E-state index in [0.29, 0.717) is 21.3 Å². The third-order valence-electron chi connectivity index (χ3n) is 3.24. The van der Waals surface area contributed by atoms with Gasteiger partial charge in [-0.05, 0) is 29.8 Å². The molecule has 0 spiro atoms. The molecule has 134 valence electrons. The van der Waals surface area contributed by atoms with E-state index in [1.54, 1.807) is 42.5 Å². The summed E-state index contributed by atoms with van der Waals surface area (Å²) in [6.45, 7) is 0. The van der Waals surface area contributed by atoms with E-state index in [0.717, 1.165) is 6.26 Å². The largest absolute Gasteiger partial charge is 0.325 e. The predicted molar refractivity (Wildman–Crippen MR) is 102 cm³/mol. The van der Waals surface area contributed by atoms with E-state index < -0.39 is 22.0 Å². The molecule has 0 aliphatic carbocycles. The predicted octanol–water partition coefficient (Wildman–Crippen LogP) is 4.27. The number of benzene rings is 2. The fourth-order valence-corrected chi connectivity index (χ4v) is 3.38. The second-order valence-electron chi connectivity index (χ2n) is 5.35. The molecule has 2 aromatic carbocycles. The smallest absolute Gasteiger partial charge is 0.226 e. The van der Waals surface area contributed by atoms with Crippen LogP contribution in [0.2, 0.25) is 15.1 Å². The first kappa shape index (κ1) is 20.0. The number of nitrogens with one attached hydrogen (secondary N) is 2. The van der Waals surface area contributed by atoms with E-state index in [2.05, 4.69) is 10.0 Å². The van der Waals surface area contributed by atoms with E-state index in [4.69, 9.17) is 34.8 Å². The van der Waals surface area contributed by atoms with Crippen LogP contribution < -0.4 is 10.0 Å². The van der Waals surface area contributed by atoms with Gasteiger partial charge in [0.2, 0.25) is 15.9 Å². The number of amides is 1. The molecular weight excluding hydrogens is 407 g/mol. The van der Waals surface area contributed by atoms with Crippen LogP contribution in [-0.4, -0.2) is 20.6 Å². The van der Waals surface area contributed by atoms with Gasteiger partial charge in [0, 0.05) is 11.4 Å². The summed E-state index contributed by atoms with van der Waals surface area (Å²) in [5.74, 6) is -0.416. The Balaban J connectivity index is 2.19. The maximum absolute atomic E-state index is 12.3. The van der Waals surface area contributed by atoms with Crippen molar-refractivity contribution in [2.45, 2.75) is 12.5 Å². The van der Waals surface area contributed by atoms with Crippen molar-refractivity contribution in [2.24, 2.45) is 0 Å². The summed E-state index contributed by atoms with van der Waals surface area (Å²) >= 11 is 17.8. The third-order valence-corrected chi connectivity index (χ3v) is 5.03. The van der Waals surface area contributed by atoms with E-state index in [-0.39, 0.29) is 11.4 Å². The molecule has 25 heavy (non-hydrogen) atoms. The summed E-state index contributed by atoms with van der Waals surface area (Å²) in [6, 6.07) is 10.7. The number of rotatable bonds is 6. The summed E-state index contributed by atoms with van der Waals surface area (Å²) in [7, 11) is -3.53. The molecule has 0 radical (unpaired) electrons. The highest BCUT2D eigenvalue weighted by Gasteiger charge is 2.20. The topological polar surface area (TPSA) is 75.3 Å². The molecular formula is C16H15Cl3N2O3S. The van der Waals surface area contributed by atoms with Crippen molar-refractivity contribution in [1.29, 1.82) is 0 Å². The van der Waals surface area contributed by atoms with Gasteiger partial charge < -0.3 is 5.32 Å². The highest BCUT2D eigenvalue weighted by Crippen LogP contribution is 2.30. The Hall–Kier alpha value is -1.31. The van der Waals surface area contributed by atoms with Crippen LogP contribution in [0.1, 0.15) is 18.0 Å². The van der Waals surface area contributed by atoms with Crippen molar-refractivity contribution >= 4 is 56.4 Å². The number of hydrogen-bond donors (Lipinski definition) is 2. The van der Waals surface area contributed by atoms with Gasteiger partial charge in [-0.2, -0.15) is 0 Å². The lowest BCUT2D eigenvalue weighted by molar-refractivity contribution is -0.116. The molecule has 2 aromatic rings. The van der Waals surface area contributed by atoms with Gasteiger partial charge in [0.15, 0.2) is 0 Å². The van der Waals surface area contributed by atoms with Crippen LogP contribution in [0.3, 0.4) is 0 Å². The van der Waals surface area contributed by atoms with Crippen LogP contribution in [-0.2, 0) is 14.8 Å². The Morgan fingerprint density at radius 2 is 1.72 bits per heavy atom. The number of anilines is 1. The molecule has 0 fully saturated rings. The maximum atomic E-state index is 12.3. The normalized spacial score (nSPS) is 12.6. The van der Waals surface area contributed by atoms with Crippen LogP contribution in [0.5, 0.6) is 0 Å². The summed E-state index contributed by atoms with van der Waals surface area (Å²) in [5, 5.41) is 3.67. The monoisotopic (exact) mass is 420 g/mol. The van der Waals surface area contributed by atoms with E-state index in [1.807, 2.05) is 0 Å². The average molecular weight is 422 g/mol. The van der Waals surface area contributed by atoms with E-state index in [9.17, 15) is 13.2 Å². The van der Waals surface area contributed by atoms with Crippen LogP contribution in [0, 0.1) is 0 Å². The van der Waals surface area contributed by atoms with Crippen LogP contribution in [0.25, 0.3) is 0 Å². The fraction of sp³-hybridized carbons (Fsp3) is 0.188. The maximum Gasteiger partial charge on any atom is 0.226 e. The summed E-state index contributed by atoms with van der Waals surface area (Å²) in [5.41, 5.74) is 0.968. The fourth-order valence-electron chi connectivity index (χ4n) is 2.17. The van der Waals surface area contributed by atoms with Gasteiger partial charge in [0.05, 0.1) is 28.0 Å². The number of carbonyl (C=O) groups excluding carboxylic acids is 1. The summed E-state index contributed by atoms with van der Waals surface area (Å²) in [6.07, 6.45) is 0.902. The molecule has 0 heterocycles. The molecule has 5 nitrogen and oxygen atoms in total. The average Bonchev–Trinajstić information content (AvgIpc) is 2.50. The minimum atomic E-state index is -3.53. The van der Waals surface area contributed by atoms with Crippen LogP contribution in [0.4, 0.5) is 5.69 Å². The number of halogens is 3. The van der Waals surface area contributed by atoms with Crippen molar-refractivity contribution in [2.75, 3.05) is 11.6 Å². The Labute approximate surface area is 161 Å². The molecule has 0 aromatic heterocycles. The molecule has 0 aliphatic rings. The number of carbonyl (C=O) groups is 1. The molecule has 1 amide bonds. The Morgan fingerprint density at radius 1 is 1.08 bits per heavy atom. The molecule has 2 rings (SSSR count). The first-order valence-electron chi connectivity index (χ1n) is 7.12. The molecule has 0 saturated heterocycles. The van der Waals surface area contributed by atoms with Gasteiger partial charge >= 0.3 is 0 Å². The van der Waals surface area contributed by atoms with Crippen molar-refractivity contribution in [3.05, 3.63) is 63.1 Å². The van der Waals surface area contributed by atoms with Crippen LogP contribution >= 0.6 is 34.8 Å². The van der Waals surface area contributed by atoms with E-state index >= 15 is 0 Å². The zero-order chi connectivity index (χ0) is 18.6. The van der Waals surface area contributed by atoms with Gasteiger partial charge in [0.1, 0.15) is 0 Å². The molecule has 9 heteroatoms. The second-order valence-corrected chi connectivity index (χ2v) is 8.35. The van der Waals surface area contributed by atoms with Gasteiger partial charge in [-0.3, -0.25) is 4.79 Å². The molecule has 2 N–H and O–H groups in total. The highest BCUT2D eigenvalue weighted by atomic mass is 35.5. The lowest BCUT2D eigenvalue weighted by Crippen LogP contribution is -2.30. The Morgan fingerprint density at radius 3 is 2.32 bits per heavy atom. The molecule has 0 saturated carbocycles. The zero-order valence-corrected chi connectivity index (χ0v) is 16.2. The van der Waals surface area contributed by atoms with E-state index in [1.165, 1.54) is 0 Å². The second kappa shape index (κ2) is 8.38. The van der Waals surface area contributed by atoms with Gasteiger partial charge in [-0.15, -0.1) is 0 Å². The molecule has 1 atom stereocenters. The molecule has 0 aliphatic heterocycles. The van der Waals surface area contributed by atoms with Crippen molar-refractivity contribution in [1.82, 2.24) is 4.72 Å². The van der Waals surface area contributed by atoms with Crippen molar-refractivity contribution < 1.29 is 13.2 Å². The number of hydrogen-bond acceptors (Lipinski definition) is 3. The van der Waals surface area contributed by atoms with Gasteiger partial charge in [-0.1, -0.05) is 53.0 Å². The summed E-state index contributed by atoms with van der Waals surface area (Å²) < 4.78 is 25.7. The van der Waals surface area contributed by atoms with Crippen LogP contribution in [0.15, 0.2) is 42.5 Å². The SMILES string of the molecule is CS(=O)(=O)N[C@@H](CC(=O)Nc1cccc(Cl)c1Cl)c1ccc(Cl)cc1. The lowest BCUT2D eigenvalue weighted by Gasteiger charge is -2.18. The quantitative estimate of drug-likeness (QED) is 0.731. The highest BCUT2D eigenvalue weighted by molar-refractivity contribution is 7.88. The molecule has 0 bridgehead atoms. The first-order chi connectivity index (χ1) is 11.7. The zero-order valence-electron chi connectivity index (χ0n) is 13.1. The minimum Gasteiger partial charge on any atom is -0.325 e. The Bertz CT molecular complexity index is 871. The first-order valence-corrected chi connectivity index (χ1v) is 10.1. The van der Waals surface area contributed by atoms with Gasteiger partial charge in [0.25, 0.3) is 0 Å². The minimum absolute atomic E-state index is 0.127. The standard InChI is InChI=1S/C16H15Cl3N2O3S/c1-25(23,24)21-14(10-5-7-11(17)8-6-10)9-15(22)20-13-4-2-3-12(18)16(13)19/h2-8,14,21H,9H2,1H3,(H,20,22)/t14-/m0/s1.